The molecule has 1 aliphatic heterocycles. The number of ether oxygens (including phenoxy) is 1. The summed E-state index contributed by atoms with van der Waals surface area (Å²) in [5.41, 5.74) is 2.01. The van der Waals surface area contributed by atoms with Crippen molar-refractivity contribution in [2.75, 3.05) is 11.5 Å². The molecular weight excluding hydrogens is 382 g/mol. The number of anilines is 1. The first kappa shape index (κ1) is 19.4. The Morgan fingerprint density at radius 2 is 1.73 bits per heavy atom. The van der Waals surface area contributed by atoms with Gasteiger partial charge in [0.1, 0.15) is 11.3 Å². The number of rotatable bonds is 5. The van der Waals surface area contributed by atoms with E-state index in [1.165, 1.54) is 0 Å². The monoisotopic (exact) mass is 403 g/mol. The van der Waals surface area contributed by atoms with Gasteiger partial charge in [0.25, 0.3) is 11.8 Å². The standard InChI is InChI=1S/C23H21N3O4/c1-3-25-14-15(18-7-5-6-8-20(18)25)13-19-21(27)24-23(29)26(22(19)28)16-9-11-17(12-10-16)30-4-2/h5-14H,3-4H2,1-2H3,(H,24,27,29)/b19-13+. The molecule has 152 valence electrons. The molecule has 1 N–H and O–H groups in total. The van der Waals surface area contributed by atoms with E-state index in [-0.39, 0.29) is 5.57 Å². The van der Waals surface area contributed by atoms with Crippen molar-refractivity contribution < 1.29 is 19.1 Å². The van der Waals surface area contributed by atoms with Crippen LogP contribution in [0.3, 0.4) is 0 Å². The van der Waals surface area contributed by atoms with Crippen LogP contribution in [-0.4, -0.2) is 29.0 Å². The molecule has 1 aromatic heterocycles. The van der Waals surface area contributed by atoms with Gasteiger partial charge in [-0.15, -0.1) is 0 Å². The smallest absolute Gasteiger partial charge is 0.335 e. The molecule has 0 bridgehead atoms. The zero-order chi connectivity index (χ0) is 21.3. The van der Waals surface area contributed by atoms with Gasteiger partial charge in [-0.3, -0.25) is 14.9 Å². The van der Waals surface area contributed by atoms with Crippen molar-refractivity contribution in [1.29, 1.82) is 0 Å². The number of barbiturate groups is 1. The van der Waals surface area contributed by atoms with Crippen LogP contribution in [0.25, 0.3) is 17.0 Å². The highest BCUT2D eigenvalue weighted by molar-refractivity contribution is 6.39. The first-order valence-electron chi connectivity index (χ1n) is 9.75. The van der Waals surface area contributed by atoms with Gasteiger partial charge in [0.2, 0.25) is 0 Å². The van der Waals surface area contributed by atoms with E-state index in [0.29, 0.717) is 18.0 Å². The number of hydrogen-bond acceptors (Lipinski definition) is 4. The van der Waals surface area contributed by atoms with Crippen LogP contribution >= 0.6 is 0 Å². The minimum Gasteiger partial charge on any atom is -0.494 e. The summed E-state index contributed by atoms with van der Waals surface area (Å²) in [7, 11) is 0. The molecule has 0 radical (unpaired) electrons. The molecule has 0 unspecified atom stereocenters. The number of aryl methyl sites for hydroxylation is 1. The van der Waals surface area contributed by atoms with E-state index in [1.807, 2.05) is 48.9 Å². The zero-order valence-electron chi connectivity index (χ0n) is 16.7. The average Bonchev–Trinajstić information content (AvgIpc) is 3.10. The molecule has 7 nitrogen and oxygen atoms in total. The highest BCUT2D eigenvalue weighted by Crippen LogP contribution is 2.27. The van der Waals surface area contributed by atoms with Gasteiger partial charge in [0, 0.05) is 29.2 Å². The fourth-order valence-corrected chi connectivity index (χ4v) is 3.56. The topological polar surface area (TPSA) is 80.6 Å². The van der Waals surface area contributed by atoms with Crippen molar-refractivity contribution in [2.45, 2.75) is 20.4 Å². The van der Waals surface area contributed by atoms with E-state index in [9.17, 15) is 14.4 Å². The van der Waals surface area contributed by atoms with Crippen molar-refractivity contribution in [2.24, 2.45) is 0 Å². The van der Waals surface area contributed by atoms with Crippen LogP contribution in [0.2, 0.25) is 0 Å². The molecule has 0 spiro atoms. The molecule has 1 fully saturated rings. The number of nitrogens with zero attached hydrogens (tertiary/aromatic N) is 2. The van der Waals surface area contributed by atoms with E-state index >= 15 is 0 Å². The maximum atomic E-state index is 13.1. The first-order chi connectivity index (χ1) is 14.5. The molecule has 0 atom stereocenters. The predicted molar refractivity (Wildman–Crippen MR) is 114 cm³/mol. The highest BCUT2D eigenvalue weighted by atomic mass is 16.5. The van der Waals surface area contributed by atoms with Gasteiger partial charge >= 0.3 is 6.03 Å². The van der Waals surface area contributed by atoms with Crippen LogP contribution in [-0.2, 0) is 16.1 Å². The lowest BCUT2D eigenvalue weighted by Crippen LogP contribution is -2.54. The molecule has 3 aromatic rings. The maximum Gasteiger partial charge on any atom is 0.335 e. The number of urea groups is 1. The number of carbonyl (C=O) groups excluding carboxylic acids is 3. The summed E-state index contributed by atoms with van der Waals surface area (Å²) in [6, 6.07) is 13.6. The minimum atomic E-state index is -0.776. The number of carbonyl (C=O) groups is 3. The van der Waals surface area contributed by atoms with Crippen LogP contribution in [0.4, 0.5) is 10.5 Å². The summed E-state index contributed by atoms with van der Waals surface area (Å²) >= 11 is 0. The number of benzene rings is 2. The maximum absolute atomic E-state index is 13.1. The number of aromatic nitrogens is 1. The van der Waals surface area contributed by atoms with Gasteiger partial charge in [-0.2, -0.15) is 0 Å². The highest BCUT2D eigenvalue weighted by Gasteiger charge is 2.37. The Labute approximate surface area is 173 Å². The van der Waals surface area contributed by atoms with E-state index in [0.717, 1.165) is 27.9 Å². The van der Waals surface area contributed by atoms with Gasteiger partial charge in [0.05, 0.1) is 12.3 Å². The third-order valence-electron chi connectivity index (χ3n) is 4.97. The summed E-state index contributed by atoms with van der Waals surface area (Å²) in [5, 5.41) is 3.19. The van der Waals surface area contributed by atoms with E-state index in [1.54, 1.807) is 30.3 Å². The van der Waals surface area contributed by atoms with E-state index < -0.39 is 17.8 Å². The van der Waals surface area contributed by atoms with Crippen LogP contribution in [0.1, 0.15) is 19.4 Å². The number of fused-ring (bicyclic) bond motifs is 1. The Balaban J connectivity index is 1.74. The second-order valence-electron chi connectivity index (χ2n) is 6.77. The van der Waals surface area contributed by atoms with Crippen LogP contribution in [0.5, 0.6) is 5.75 Å². The normalized spacial score (nSPS) is 15.7. The lowest BCUT2D eigenvalue weighted by Gasteiger charge is -2.26. The largest absolute Gasteiger partial charge is 0.494 e. The SMILES string of the molecule is CCOc1ccc(N2C(=O)NC(=O)/C(=C\c3cn(CC)c4ccccc34)C2=O)cc1. The molecule has 4 amide bonds. The third-order valence-corrected chi connectivity index (χ3v) is 4.97. The lowest BCUT2D eigenvalue weighted by atomic mass is 10.1. The van der Waals surface area contributed by atoms with Gasteiger partial charge in [-0.25, -0.2) is 9.69 Å². The molecular formula is C23H21N3O4. The zero-order valence-corrected chi connectivity index (χ0v) is 16.7. The number of para-hydroxylation sites is 1. The molecule has 2 heterocycles. The Bertz CT molecular complexity index is 1170. The quantitative estimate of drug-likeness (QED) is 0.520. The van der Waals surface area contributed by atoms with Gasteiger partial charge in [-0.1, -0.05) is 18.2 Å². The number of hydrogen-bond donors (Lipinski definition) is 1. The van der Waals surface area contributed by atoms with Crippen molar-refractivity contribution in [3.05, 3.63) is 65.9 Å². The summed E-state index contributed by atoms with van der Waals surface area (Å²) < 4.78 is 7.45. The van der Waals surface area contributed by atoms with E-state index in [4.69, 9.17) is 4.74 Å². The molecule has 4 rings (SSSR count). The van der Waals surface area contributed by atoms with Gasteiger partial charge in [0.15, 0.2) is 0 Å². The molecule has 0 saturated carbocycles. The fourth-order valence-electron chi connectivity index (χ4n) is 3.56. The van der Waals surface area contributed by atoms with Crippen molar-refractivity contribution in [3.8, 4) is 5.75 Å². The Morgan fingerprint density at radius 1 is 1.00 bits per heavy atom. The van der Waals surface area contributed by atoms with Crippen molar-refractivity contribution in [3.63, 3.8) is 0 Å². The second-order valence-corrected chi connectivity index (χ2v) is 6.77. The molecule has 2 aromatic carbocycles. The van der Waals surface area contributed by atoms with Crippen LogP contribution in [0.15, 0.2) is 60.3 Å². The molecule has 0 aliphatic carbocycles. The lowest BCUT2D eigenvalue weighted by molar-refractivity contribution is -0.122. The van der Waals surface area contributed by atoms with Crippen LogP contribution in [0, 0.1) is 0 Å². The van der Waals surface area contributed by atoms with E-state index in [2.05, 4.69) is 5.32 Å². The first-order valence-corrected chi connectivity index (χ1v) is 9.75. The van der Waals surface area contributed by atoms with Gasteiger partial charge < -0.3 is 9.30 Å². The number of nitrogens with one attached hydrogen (secondary N) is 1. The summed E-state index contributed by atoms with van der Waals surface area (Å²) in [6.07, 6.45) is 3.44. The third kappa shape index (κ3) is 3.34. The van der Waals surface area contributed by atoms with Crippen molar-refractivity contribution in [1.82, 2.24) is 9.88 Å². The van der Waals surface area contributed by atoms with Gasteiger partial charge in [-0.05, 0) is 50.3 Å². The minimum absolute atomic E-state index is 0.0949. The summed E-state index contributed by atoms with van der Waals surface area (Å²) in [5.74, 6) is -0.743. The molecule has 1 aliphatic rings. The molecule has 7 heteroatoms. The summed E-state index contributed by atoms with van der Waals surface area (Å²) in [4.78, 5) is 38.9. The Morgan fingerprint density at radius 3 is 2.43 bits per heavy atom. The fraction of sp³-hybridized carbons (Fsp3) is 0.174. The number of amides is 4. The predicted octanol–water partition coefficient (Wildman–Crippen LogP) is 3.73. The molecule has 30 heavy (non-hydrogen) atoms. The summed E-state index contributed by atoms with van der Waals surface area (Å²) in [6.45, 7) is 5.15. The Hall–Kier alpha value is -3.87. The van der Waals surface area contributed by atoms with Crippen molar-refractivity contribution >= 4 is 40.5 Å². The van der Waals surface area contributed by atoms with Crippen LogP contribution < -0.4 is 15.0 Å². The molecule has 1 saturated heterocycles. The second kappa shape index (κ2) is 7.87. The average molecular weight is 403 g/mol. The Kier molecular flexibility index (Phi) is 5.10. The number of imide groups is 2.